The molecule has 3 heteroatoms. The van der Waals surface area contributed by atoms with Crippen LogP contribution in [0.1, 0.15) is 65.0 Å². The van der Waals surface area contributed by atoms with Crippen molar-refractivity contribution in [3.63, 3.8) is 0 Å². The Morgan fingerprint density at radius 2 is 1.96 bits per heavy atom. The van der Waals surface area contributed by atoms with Gasteiger partial charge in [-0.1, -0.05) is 52.3 Å². The van der Waals surface area contributed by atoms with E-state index in [0.29, 0.717) is 13.0 Å². The van der Waals surface area contributed by atoms with Crippen molar-refractivity contribution in [1.29, 1.82) is 0 Å². The first kappa shape index (κ1) is 19.5. The van der Waals surface area contributed by atoms with Gasteiger partial charge in [-0.05, 0) is 31.2 Å². The minimum atomic E-state index is -0.00202. The molecule has 3 nitrogen and oxygen atoms in total. The topological polar surface area (TPSA) is 29.5 Å². The van der Waals surface area contributed by atoms with Crippen molar-refractivity contribution in [3.05, 3.63) is 29.3 Å². The Morgan fingerprint density at radius 1 is 1.30 bits per heavy atom. The van der Waals surface area contributed by atoms with Crippen LogP contribution >= 0.6 is 0 Å². The Morgan fingerprint density at radius 3 is 2.48 bits per heavy atom. The van der Waals surface area contributed by atoms with Gasteiger partial charge in [-0.25, -0.2) is 0 Å². The van der Waals surface area contributed by atoms with Crippen LogP contribution in [0.3, 0.4) is 0 Å². The summed E-state index contributed by atoms with van der Waals surface area (Å²) >= 11 is 0. The highest BCUT2D eigenvalue weighted by Crippen LogP contribution is 2.27. The van der Waals surface area contributed by atoms with Gasteiger partial charge in [0.25, 0.3) is 0 Å². The molecule has 0 bridgehead atoms. The van der Waals surface area contributed by atoms with Gasteiger partial charge in [0.2, 0.25) is 5.91 Å². The minimum absolute atomic E-state index is 0.00202. The molecule has 0 aliphatic rings. The summed E-state index contributed by atoms with van der Waals surface area (Å²) in [5, 5.41) is 0. The van der Waals surface area contributed by atoms with Crippen LogP contribution in [0.15, 0.2) is 18.2 Å². The lowest BCUT2D eigenvalue weighted by Gasteiger charge is -2.32. The molecule has 0 saturated carbocycles. The third-order valence-electron chi connectivity index (χ3n) is 4.08. The Hall–Kier alpha value is -1.51. The predicted molar refractivity (Wildman–Crippen MR) is 96.7 cm³/mol. The number of methoxy groups -OCH3 is 1. The third-order valence-corrected chi connectivity index (χ3v) is 4.08. The second kappa shape index (κ2) is 8.37. The number of rotatable bonds is 7. The zero-order chi connectivity index (χ0) is 17.6. The Labute approximate surface area is 142 Å². The van der Waals surface area contributed by atoms with Crippen LogP contribution in [0.25, 0.3) is 0 Å². The van der Waals surface area contributed by atoms with Gasteiger partial charge in [0, 0.05) is 24.6 Å². The molecule has 1 rings (SSSR count). The molecule has 1 aromatic carbocycles. The van der Waals surface area contributed by atoms with E-state index in [9.17, 15) is 4.79 Å². The van der Waals surface area contributed by atoms with E-state index in [-0.39, 0.29) is 17.4 Å². The second-order valence-corrected chi connectivity index (χ2v) is 7.66. The number of carbonyl (C=O) groups excluding carboxylic acids is 1. The minimum Gasteiger partial charge on any atom is -0.496 e. The quantitative estimate of drug-likeness (QED) is 0.711. The summed E-state index contributed by atoms with van der Waals surface area (Å²) in [7, 11) is 1.70. The summed E-state index contributed by atoms with van der Waals surface area (Å²) < 4.78 is 5.56. The van der Waals surface area contributed by atoms with Gasteiger partial charge in [-0.3, -0.25) is 4.79 Å². The molecule has 130 valence electrons. The van der Waals surface area contributed by atoms with Gasteiger partial charge >= 0.3 is 0 Å². The van der Waals surface area contributed by atoms with Gasteiger partial charge in [-0.2, -0.15) is 0 Å². The molecule has 0 aliphatic carbocycles. The first-order valence-corrected chi connectivity index (χ1v) is 8.61. The van der Waals surface area contributed by atoms with Crippen LogP contribution in [-0.4, -0.2) is 24.0 Å². The highest BCUT2D eigenvalue weighted by atomic mass is 16.5. The Kier molecular flexibility index (Phi) is 7.11. The highest BCUT2D eigenvalue weighted by molar-refractivity contribution is 5.77. The maximum Gasteiger partial charge on any atom is 0.223 e. The highest BCUT2D eigenvalue weighted by Gasteiger charge is 2.25. The van der Waals surface area contributed by atoms with Crippen LogP contribution in [0, 0.1) is 12.3 Å². The zero-order valence-corrected chi connectivity index (χ0v) is 15.9. The van der Waals surface area contributed by atoms with Crippen LogP contribution in [0.2, 0.25) is 0 Å². The average Bonchev–Trinajstić information content (AvgIpc) is 2.43. The molecule has 0 aliphatic heterocycles. The van der Waals surface area contributed by atoms with E-state index >= 15 is 0 Å². The molecule has 0 saturated heterocycles. The lowest BCUT2D eigenvalue weighted by molar-refractivity contribution is -0.136. The first-order valence-electron chi connectivity index (χ1n) is 8.61. The van der Waals surface area contributed by atoms with E-state index in [1.807, 2.05) is 24.0 Å². The zero-order valence-electron chi connectivity index (χ0n) is 15.9. The van der Waals surface area contributed by atoms with Crippen molar-refractivity contribution in [3.8, 4) is 5.75 Å². The first-order chi connectivity index (χ1) is 10.7. The summed E-state index contributed by atoms with van der Waals surface area (Å²) in [6, 6.07) is 6.37. The van der Waals surface area contributed by atoms with Crippen molar-refractivity contribution < 1.29 is 9.53 Å². The maximum absolute atomic E-state index is 12.8. The number of amides is 1. The molecule has 1 aromatic rings. The molecule has 0 N–H and O–H groups in total. The molecule has 0 fully saturated rings. The summed E-state index contributed by atoms with van der Waals surface area (Å²) in [6.07, 6.45) is 2.66. The van der Waals surface area contributed by atoms with Crippen molar-refractivity contribution in [2.24, 2.45) is 5.41 Å². The molecular formula is C20H33NO2. The number of carbonyl (C=O) groups is 1. The Balaban J connectivity index is 3.06. The molecule has 1 amide bonds. The van der Waals surface area contributed by atoms with Gasteiger partial charge < -0.3 is 9.64 Å². The van der Waals surface area contributed by atoms with Crippen molar-refractivity contribution in [2.75, 3.05) is 7.11 Å². The number of nitrogens with zero attached hydrogens (tertiary/aromatic N) is 1. The smallest absolute Gasteiger partial charge is 0.223 e. The molecule has 0 radical (unpaired) electrons. The number of benzene rings is 1. The summed E-state index contributed by atoms with van der Waals surface area (Å²) in [5.74, 6) is 1.12. The normalized spacial score (nSPS) is 12.8. The number of para-hydroxylation sites is 1. The molecule has 0 heterocycles. The van der Waals surface area contributed by atoms with Gasteiger partial charge in [0.05, 0.1) is 7.11 Å². The van der Waals surface area contributed by atoms with Gasteiger partial charge in [-0.15, -0.1) is 0 Å². The van der Waals surface area contributed by atoms with E-state index in [0.717, 1.165) is 29.7 Å². The molecular weight excluding hydrogens is 286 g/mol. The number of ether oxygens (including phenoxy) is 1. The largest absolute Gasteiger partial charge is 0.496 e. The fourth-order valence-corrected chi connectivity index (χ4v) is 2.93. The predicted octanol–water partition coefficient (Wildman–Crippen LogP) is 4.96. The molecule has 0 aromatic heterocycles. The van der Waals surface area contributed by atoms with Gasteiger partial charge in [0.15, 0.2) is 0 Å². The lowest BCUT2D eigenvalue weighted by Crippen LogP contribution is -2.39. The average molecular weight is 319 g/mol. The monoisotopic (exact) mass is 319 g/mol. The standard InChI is InChI=1S/C20H33NO2/c1-8-10-16(3)21(18(22)13-20(4,5)6)14-17-12-9-11-15(2)19(17)23-7/h9,11-12,16H,8,10,13-14H2,1-7H3. The van der Waals surface area contributed by atoms with Crippen LogP contribution < -0.4 is 4.74 Å². The molecule has 1 unspecified atom stereocenters. The van der Waals surface area contributed by atoms with Crippen LogP contribution in [0.5, 0.6) is 5.75 Å². The number of hydrogen-bond acceptors (Lipinski definition) is 2. The maximum atomic E-state index is 12.8. The van der Waals surface area contributed by atoms with Gasteiger partial charge in [0.1, 0.15) is 5.75 Å². The Bertz CT molecular complexity index is 517. The van der Waals surface area contributed by atoms with Crippen molar-refractivity contribution in [2.45, 2.75) is 73.4 Å². The summed E-state index contributed by atoms with van der Waals surface area (Å²) in [4.78, 5) is 14.9. The van der Waals surface area contributed by atoms with Crippen molar-refractivity contribution in [1.82, 2.24) is 4.90 Å². The van der Waals surface area contributed by atoms with E-state index in [4.69, 9.17) is 4.74 Å². The van der Waals surface area contributed by atoms with Crippen LogP contribution in [-0.2, 0) is 11.3 Å². The van der Waals surface area contributed by atoms with Crippen LogP contribution in [0.4, 0.5) is 0 Å². The molecule has 0 spiro atoms. The third kappa shape index (κ3) is 5.89. The summed E-state index contributed by atoms with van der Waals surface area (Å²) in [5.41, 5.74) is 2.19. The molecule has 1 atom stereocenters. The van der Waals surface area contributed by atoms with E-state index in [1.54, 1.807) is 7.11 Å². The van der Waals surface area contributed by atoms with E-state index in [1.165, 1.54) is 0 Å². The number of hydrogen-bond donors (Lipinski definition) is 0. The van der Waals surface area contributed by atoms with Crippen molar-refractivity contribution >= 4 is 5.91 Å². The fourth-order valence-electron chi connectivity index (χ4n) is 2.93. The fraction of sp³-hybridized carbons (Fsp3) is 0.650. The van der Waals surface area contributed by atoms with E-state index in [2.05, 4.69) is 40.7 Å². The molecule has 23 heavy (non-hydrogen) atoms. The second-order valence-electron chi connectivity index (χ2n) is 7.66. The number of aryl methyl sites for hydroxylation is 1. The SMILES string of the molecule is CCCC(C)N(Cc1cccc(C)c1OC)C(=O)CC(C)(C)C. The lowest BCUT2D eigenvalue weighted by atomic mass is 9.91. The summed E-state index contributed by atoms with van der Waals surface area (Å²) in [6.45, 7) is 13.3. The van der Waals surface area contributed by atoms with E-state index < -0.39 is 0 Å².